The maximum atomic E-state index is 2.32. The van der Waals surface area contributed by atoms with Crippen LogP contribution in [0.25, 0.3) is 0 Å². The summed E-state index contributed by atoms with van der Waals surface area (Å²) in [6, 6.07) is 15.6. The molecule has 0 saturated carbocycles. The van der Waals surface area contributed by atoms with Crippen molar-refractivity contribution in [1.29, 1.82) is 0 Å². The summed E-state index contributed by atoms with van der Waals surface area (Å²) in [5.74, 6) is 0. The SMILES string of the molecule is CCc1ccccc1Cc1ccc(C)cc1CC. The Kier molecular flexibility index (Phi) is 4.19. The Morgan fingerprint density at radius 1 is 0.722 bits per heavy atom. The second-order valence-corrected chi connectivity index (χ2v) is 4.92. The van der Waals surface area contributed by atoms with E-state index in [-0.39, 0.29) is 0 Å². The number of hydrogen-bond donors (Lipinski definition) is 0. The molecule has 2 aromatic rings. The van der Waals surface area contributed by atoms with Gasteiger partial charge in [-0.05, 0) is 48.4 Å². The van der Waals surface area contributed by atoms with Crippen LogP contribution < -0.4 is 0 Å². The average molecular weight is 238 g/mol. The van der Waals surface area contributed by atoms with Crippen LogP contribution in [0.1, 0.15) is 41.7 Å². The summed E-state index contributed by atoms with van der Waals surface area (Å²) in [5, 5.41) is 0. The predicted molar refractivity (Wildman–Crippen MR) is 79.2 cm³/mol. The summed E-state index contributed by atoms with van der Waals surface area (Å²) in [4.78, 5) is 0. The topological polar surface area (TPSA) is 0 Å². The lowest BCUT2D eigenvalue weighted by molar-refractivity contribution is 1.02. The molecule has 0 spiro atoms. The molecule has 0 N–H and O–H groups in total. The maximum absolute atomic E-state index is 2.32. The monoisotopic (exact) mass is 238 g/mol. The van der Waals surface area contributed by atoms with Crippen LogP contribution in [0.15, 0.2) is 42.5 Å². The van der Waals surface area contributed by atoms with Crippen LogP contribution in [0.4, 0.5) is 0 Å². The van der Waals surface area contributed by atoms with E-state index in [1.807, 2.05) is 0 Å². The first-order chi connectivity index (χ1) is 8.74. The first-order valence-electron chi connectivity index (χ1n) is 6.89. The fourth-order valence-electron chi connectivity index (χ4n) is 2.54. The van der Waals surface area contributed by atoms with Crippen LogP contribution >= 0.6 is 0 Å². The van der Waals surface area contributed by atoms with Gasteiger partial charge in [-0.15, -0.1) is 0 Å². The lowest BCUT2D eigenvalue weighted by Gasteiger charge is -2.12. The summed E-state index contributed by atoms with van der Waals surface area (Å²) in [6.45, 7) is 6.64. The van der Waals surface area contributed by atoms with E-state index in [1.165, 1.54) is 27.8 Å². The fourth-order valence-corrected chi connectivity index (χ4v) is 2.54. The van der Waals surface area contributed by atoms with Crippen molar-refractivity contribution in [2.75, 3.05) is 0 Å². The van der Waals surface area contributed by atoms with E-state index >= 15 is 0 Å². The Morgan fingerprint density at radius 2 is 1.33 bits per heavy atom. The van der Waals surface area contributed by atoms with Gasteiger partial charge in [0.25, 0.3) is 0 Å². The van der Waals surface area contributed by atoms with Crippen LogP contribution in [-0.4, -0.2) is 0 Å². The number of rotatable bonds is 4. The second kappa shape index (κ2) is 5.86. The van der Waals surface area contributed by atoms with Crippen LogP contribution in [0.3, 0.4) is 0 Å². The van der Waals surface area contributed by atoms with Gasteiger partial charge in [-0.25, -0.2) is 0 Å². The summed E-state index contributed by atoms with van der Waals surface area (Å²) < 4.78 is 0. The Bertz CT molecular complexity index is 523. The van der Waals surface area contributed by atoms with E-state index < -0.39 is 0 Å². The van der Waals surface area contributed by atoms with E-state index in [0.717, 1.165) is 19.3 Å². The molecule has 0 aliphatic carbocycles. The van der Waals surface area contributed by atoms with Gasteiger partial charge in [0.05, 0.1) is 0 Å². The normalized spacial score (nSPS) is 10.6. The van der Waals surface area contributed by atoms with E-state index in [0.29, 0.717) is 0 Å². The zero-order valence-electron chi connectivity index (χ0n) is 11.7. The number of hydrogen-bond acceptors (Lipinski definition) is 0. The van der Waals surface area contributed by atoms with Crippen molar-refractivity contribution in [2.24, 2.45) is 0 Å². The zero-order chi connectivity index (χ0) is 13.0. The van der Waals surface area contributed by atoms with Crippen LogP contribution in [0, 0.1) is 6.92 Å². The third-order valence-corrected chi connectivity index (χ3v) is 3.62. The third kappa shape index (κ3) is 2.81. The van der Waals surface area contributed by atoms with Gasteiger partial charge in [-0.1, -0.05) is 61.9 Å². The summed E-state index contributed by atoms with van der Waals surface area (Å²) >= 11 is 0. The largest absolute Gasteiger partial charge is 0.0620 e. The predicted octanol–water partition coefficient (Wildman–Crippen LogP) is 4.71. The van der Waals surface area contributed by atoms with Gasteiger partial charge in [-0.3, -0.25) is 0 Å². The highest BCUT2D eigenvalue weighted by Crippen LogP contribution is 2.19. The van der Waals surface area contributed by atoms with E-state index in [9.17, 15) is 0 Å². The zero-order valence-corrected chi connectivity index (χ0v) is 11.7. The summed E-state index contributed by atoms with van der Waals surface area (Å²) in [7, 11) is 0. The van der Waals surface area contributed by atoms with Crippen LogP contribution in [0.5, 0.6) is 0 Å². The summed E-state index contributed by atoms with van der Waals surface area (Å²) in [6.07, 6.45) is 3.29. The van der Waals surface area contributed by atoms with Gasteiger partial charge < -0.3 is 0 Å². The van der Waals surface area contributed by atoms with Crippen molar-refractivity contribution >= 4 is 0 Å². The lowest BCUT2D eigenvalue weighted by Crippen LogP contribution is -1.98. The number of benzene rings is 2. The molecule has 0 nitrogen and oxygen atoms in total. The molecule has 0 amide bonds. The molecule has 2 rings (SSSR count). The number of aryl methyl sites for hydroxylation is 3. The molecule has 0 heteroatoms. The first-order valence-corrected chi connectivity index (χ1v) is 6.89. The fraction of sp³-hybridized carbons (Fsp3) is 0.333. The van der Waals surface area contributed by atoms with Gasteiger partial charge in [-0.2, -0.15) is 0 Å². The molecule has 2 aromatic carbocycles. The summed E-state index contributed by atoms with van der Waals surface area (Å²) in [5.41, 5.74) is 7.27. The third-order valence-electron chi connectivity index (χ3n) is 3.62. The molecule has 0 radical (unpaired) electrons. The molecule has 18 heavy (non-hydrogen) atoms. The van der Waals surface area contributed by atoms with Gasteiger partial charge in [0.15, 0.2) is 0 Å². The van der Waals surface area contributed by atoms with Gasteiger partial charge in [0.1, 0.15) is 0 Å². The molecular weight excluding hydrogens is 216 g/mol. The van der Waals surface area contributed by atoms with Crippen molar-refractivity contribution in [3.63, 3.8) is 0 Å². The average Bonchev–Trinajstić information content (AvgIpc) is 2.41. The van der Waals surface area contributed by atoms with Crippen LogP contribution in [0.2, 0.25) is 0 Å². The minimum atomic E-state index is 1.06. The second-order valence-electron chi connectivity index (χ2n) is 4.92. The smallest absolute Gasteiger partial charge is 0.00203 e. The van der Waals surface area contributed by atoms with Crippen molar-refractivity contribution in [3.05, 3.63) is 70.3 Å². The van der Waals surface area contributed by atoms with Crippen LogP contribution in [-0.2, 0) is 19.3 Å². The molecule has 0 bridgehead atoms. The molecule has 0 aliphatic heterocycles. The van der Waals surface area contributed by atoms with Crippen molar-refractivity contribution < 1.29 is 0 Å². The van der Waals surface area contributed by atoms with Crippen molar-refractivity contribution in [2.45, 2.75) is 40.0 Å². The minimum Gasteiger partial charge on any atom is -0.0620 e. The Labute approximate surface area is 111 Å². The van der Waals surface area contributed by atoms with Crippen molar-refractivity contribution in [1.82, 2.24) is 0 Å². The molecule has 0 unspecified atom stereocenters. The van der Waals surface area contributed by atoms with Crippen molar-refractivity contribution in [3.8, 4) is 0 Å². The molecular formula is C18H22. The Balaban J connectivity index is 2.33. The molecule has 0 aromatic heterocycles. The Morgan fingerprint density at radius 3 is 2.00 bits per heavy atom. The molecule has 0 aliphatic rings. The lowest BCUT2D eigenvalue weighted by atomic mass is 9.93. The highest BCUT2D eigenvalue weighted by atomic mass is 14.1. The quantitative estimate of drug-likeness (QED) is 0.723. The highest BCUT2D eigenvalue weighted by molar-refractivity contribution is 5.38. The molecule has 0 saturated heterocycles. The van der Waals surface area contributed by atoms with Gasteiger partial charge >= 0.3 is 0 Å². The van der Waals surface area contributed by atoms with E-state index in [4.69, 9.17) is 0 Å². The van der Waals surface area contributed by atoms with E-state index in [1.54, 1.807) is 0 Å². The standard InChI is InChI=1S/C18H22/c1-4-15-8-6-7-9-17(15)13-18-11-10-14(3)12-16(18)5-2/h6-12H,4-5,13H2,1-3H3. The molecule has 94 valence electrons. The molecule has 0 heterocycles. The maximum Gasteiger partial charge on any atom is -0.00203 e. The molecule has 0 fully saturated rings. The Hall–Kier alpha value is -1.56. The highest BCUT2D eigenvalue weighted by Gasteiger charge is 2.05. The van der Waals surface area contributed by atoms with Gasteiger partial charge in [0, 0.05) is 0 Å². The molecule has 0 atom stereocenters. The van der Waals surface area contributed by atoms with E-state index in [2.05, 4.69) is 63.2 Å². The minimum absolute atomic E-state index is 1.06. The first kappa shape index (κ1) is 12.9. The van der Waals surface area contributed by atoms with Gasteiger partial charge in [0.2, 0.25) is 0 Å².